The highest BCUT2D eigenvalue weighted by Crippen LogP contribution is 2.66. The van der Waals surface area contributed by atoms with Crippen LogP contribution in [0, 0.1) is 34.5 Å². The zero-order valence-corrected chi connectivity index (χ0v) is 19.7. The van der Waals surface area contributed by atoms with Gasteiger partial charge in [0, 0.05) is 13.2 Å². The van der Waals surface area contributed by atoms with Gasteiger partial charge in [-0.05, 0) is 112 Å². The third-order valence-corrected chi connectivity index (χ3v) is 9.26. The number of aliphatic hydroxyl groups excluding tert-OH is 3. The molecule has 7 atom stereocenters. The summed E-state index contributed by atoms with van der Waals surface area (Å²) in [7, 11) is 0. The Morgan fingerprint density at radius 1 is 0.733 bits per heavy atom. The molecule has 4 aliphatic rings. The quantitative estimate of drug-likeness (QED) is 0.473. The largest absolute Gasteiger partial charge is 0.396 e. The van der Waals surface area contributed by atoms with Crippen molar-refractivity contribution in [2.45, 2.75) is 97.0 Å². The molecule has 0 aromatic rings. The van der Waals surface area contributed by atoms with Crippen molar-refractivity contribution in [1.82, 2.24) is 0 Å². The number of fused-ring (bicyclic) bond motifs is 5. The average molecular weight is 427 g/mol. The summed E-state index contributed by atoms with van der Waals surface area (Å²) in [5.41, 5.74) is 10.9. The summed E-state index contributed by atoms with van der Waals surface area (Å²) in [5.74, 6) is 3.76. The van der Waals surface area contributed by atoms with Crippen LogP contribution < -0.4 is 11.5 Å². The molecule has 7 unspecified atom stereocenters. The topological polar surface area (TPSA) is 113 Å². The zero-order valence-electron chi connectivity index (χ0n) is 19.7. The molecule has 4 fully saturated rings. The first kappa shape index (κ1) is 26.1. The van der Waals surface area contributed by atoms with E-state index < -0.39 is 0 Å². The summed E-state index contributed by atoms with van der Waals surface area (Å²) >= 11 is 0. The summed E-state index contributed by atoms with van der Waals surface area (Å²) in [4.78, 5) is 0. The van der Waals surface area contributed by atoms with Gasteiger partial charge in [0.25, 0.3) is 0 Å². The van der Waals surface area contributed by atoms with Crippen molar-refractivity contribution in [2.24, 2.45) is 46.0 Å². The van der Waals surface area contributed by atoms with E-state index in [1.165, 1.54) is 57.8 Å². The predicted molar refractivity (Wildman–Crippen MR) is 124 cm³/mol. The molecule has 4 aliphatic carbocycles. The molecule has 0 bridgehead atoms. The van der Waals surface area contributed by atoms with Gasteiger partial charge in [-0.1, -0.05) is 26.7 Å². The van der Waals surface area contributed by atoms with E-state index >= 15 is 0 Å². The molecule has 4 rings (SSSR count). The monoisotopic (exact) mass is 426 g/mol. The molecular formula is C25H50N2O3. The second-order valence-electron chi connectivity index (χ2n) is 10.8. The van der Waals surface area contributed by atoms with E-state index in [0.29, 0.717) is 18.5 Å². The molecule has 5 nitrogen and oxygen atoms in total. The van der Waals surface area contributed by atoms with Crippen LogP contribution in [0.15, 0.2) is 0 Å². The molecule has 0 saturated heterocycles. The molecule has 0 aromatic heterocycles. The Hall–Kier alpha value is -0.200. The smallest absolute Gasteiger partial charge is 0.0596 e. The van der Waals surface area contributed by atoms with Gasteiger partial charge in [0.15, 0.2) is 0 Å². The van der Waals surface area contributed by atoms with E-state index in [-0.39, 0.29) is 24.7 Å². The van der Waals surface area contributed by atoms with Crippen molar-refractivity contribution in [3.63, 3.8) is 0 Å². The van der Waals surface area contributed by atoms with Crippen LogP contribution in [0.5, 0.6) is 0 Å². The van der Waals surface area contributed by atoms with Crippen molar-refractivity contribution in [3.05, 3.63) is 0 Å². The van der Waals surface area contributed by atoms with Crippen molar-refractivity contribution in [3.8, 4) is 0 Å². The fourth-order valence-electron chi connectivity index (χ4n) is 7.45. The number of nitrogens with two attached hydrogens (primary N) is 2. The molecule has 4 saturated carbocycles. The maximum atomic E-state index is 10.5. The highest BCUT2D eigenvalue weighted by atomic mass is 16.3. The van der Waals surface area contributed by atoms with Gasteiger partial charge in [0.2, 0.25) is 0 Å². The van der Waals surface area contributed by atoms with Gasteiger partial charge >= 0.3 is 0 Å². The molecule has 0 aromatic carbocycles. The highest BCUT2D eigenvalue weighted by Gasteiger charge is 2.59. The summed E-state index contributed by atoms with van der Waals surface area (Å²) in [6.07, 6.45) is 15.4. The second kappa shape index (κ2) is 12.2. The van der Waals surface area contributed by atoms with Crippen LogP contribution in [-0.4, -0.2) is 47.7 Å². The third-order valence-electron chi connectivity index (χ3n) is 9.26. The Morgan fingerprint density at radius 2 is 1.37 bits per heavy atom. The number of hydrogen-bond acceptors (Lipinski definition) is 5. The Morgan fingerprint density at radius 3 is 1.93 bits per heavy atom. The molecule has 0 aliphatic heterocycles. The van der Waals surface area contributed by atoms with E-state index in [0.717, 1.165) is 42.9 Å². The molecule has 5 heteroatoms. The van der Waals surface area contributed by atoms with E-state index in [1.807, 2.05) is 0 Å². The lowest BCUT2D eigenvalue weighted by molar-refractivity contribution is -0.120. The third kappa shape index (κ3) is 5.58. The zero-order chi connectivity index (χ0) is 22.2. The fraction of sp³-hybridized carbons (Fsp3) is 1.00. The molecule has 0 heterocycles. The first-order valence-electron chi connectivity index (χ1n) is 12.7. The molecule has 0 spiro atoms. The van der Waals surface area contributed by atoms with Gasteiger partial charge in [-0.2, -0.15) is 0 Å². The molecule has 178 valence electrons. The van der Waals surface area contributed by atoms with Crippen LogP contribution in [0.1, 0.15) is 90.9 Å². The number of aliphatic hydroxyl groups is 3. The summed E-state index contributed by atoms with van der Waals surface area (Å²) in [6.45, 7) is 6.67. The van der Waals surface area contributed by atoms with Crippen LogP contribution in [-0.2, 0) is 0 Å². The first-order valence-corrected chi connectivity index (χ1v) is 12.7. The highest BCUT2D eigenvalue weighted by molar-refractivity contribution is 5.08. The van der Waals surface area contributed by atoms with Crippen LogP contribution in [0.2, 0.25) is 0 Å². The van der Waals surface area contributed by atoms with Gasteiger partial charge in [-0.15, -0.1) is 0 Å². The lowest BCUT2D eigenvalue weighted by Crippen LogP contribution is -2.53. The SMILES string of the molecule is CC12CCC3C(CCC4CCCCC43C)C1CCC2O.NCCCO.NCCCO. The van der Waals surface area contributed by atoms with E-state index in [9.17, 15) is 5.11 Å². The fourth-order valence-corrected chi connectivity index (χ4v) is 7.45. The van der Waals surface area contributed by atoms with Crippen molar-refractivity contribution in [2.75, 3.05) is 26.3 Å². The summed E-state index contributed by atoms with van der Waals surface area (Å²) in [6, 6.07) is 0. The average Bonchev–Trinajstić information content (AvgIpc) is 3.04. The minimum Gasteiger partial charge on any atom is -0.396 e. The molecule has 0 radical (unpaired) electrons. The Labute approximate surface area is 185 Å². The van der Waals surface area contributed by atoms with Crippen LogP contribution in [0.4, 0.5) is 0 Å². The first-order chi connectivity index (χ1) is 14.4. The Bertz CT molecular complexity index is 481. The molecule has 7 N–H and O–H groups in total. The second-order valence-corrected chi connectivity index (χ2v) is 10.8. The van der Waals surface area contributed by atoms with E-state index in [2.05, 4.69) is 13.8 Å². The number of hydrogen-bond donors (Lipinski definition) is 5. The van der Waals surface area contributed by atoms with Gasteiger partial charge in [-0.25, -0.2) is 0 Å². The van der Waals surface area contributed by atoms with Gasteiger partial charge < -0.3 is 26.8 Å². The van der Waals surface area contributed by atoms with Gasteiger partial charge in [0.1, 0.15) is 0 Å². The van der Waals surface area contributed by atoms with E-state index in [4.69, 9.17) is 21.7 Å². The maximum absolute atomic E-state index is 10.5. The lowest BCUT2D eigenvalue weighted by atomic mass is 9.45. The van der Waals surface area contributed by atoms with Crippen molar-refractivity contribution in [1.29, 1.82) is 0 Å². The van der Waals surface area contributed by atoms with Gasteiger partial charge in [-0.3, -0.25) is 0 Å². The molecular weight excluding hydrogens is 376 g/mol. The van der Waals surface area contributed by atoms with Crippen LogP contribution in [0.3, 0.4) is 0 Å². The van der Waals surface area contributed by atoms with Crippen LogP contribution >= 0.6 is 0 Å². The Kier molecular flexibility index (Phi) is 10.6. The summed E-state index contributed by atoms with van der Waals surface area (Å²) < 4.78 is 0. The number of rotatable bonds is 4. The van der Waals surface area contributed by atoms with Gasteiger partial charge in [0.05, 0.1) is 6.10 Å². The predicted octanol–water partition coefficient (Wildman–Crippen LogP) is 3.44. The maximum Gasteiger partial charge on any atom is 0.0596 e. The molecule has 30 heavy (non-hydrogen) atoms. The Balaban J connectivity index is 0.000000271. The minimum atomic E-state index is -0.00895. The van der Waals surface area contributed by atoms with Crippen LogP contribution in [0.25, 0.3) is 0 Å². The lowest BCUT2D eigenvalue weighted by Gasteiger charge is -2.60. The van der Waals surface area contributed by atoms with Crippen molar-refractivity contribution >= 4 is 0 Å². The summed E-state index contributed by atoms with van der Waals surface area (Å²) in [5, 5.41) is 26.4. The molecule has 0 amide bonds. The minimum absolute atomic E-state index is 0.00895. The van der Waals surface area contributed by atoms with E-state index in [1.54, 1.807) is 0 Å². The van der Waals surface area contributed by atoms with Crippen molar-refractivity contribution < 1.29 is 15.3 Å². The standard InChI is InChI=1S/C19H32O.2C3H9NO/c1-18-11-4-3-5-13(18)6-7-14-15-8-9-17(20)19(15,2)12-10-16(14)18;2*4-2-1-3-5/h13-17,20H,3-12H2,1-2H3;2*5H,1-4H2. The normalized spacial score (nSPS) is 41.9.